The zero-order valence-corrected chi connectivity index (χ0v) is 13.9. The van der Waals surface area contributed by atoms with Gasteiger partial charge in [-0.2, -0.15) is 0 Å². The Hall–Kier alpha value is -0.570. The summed E-state index contributed by atoms with van der Waals surface area (Å²) in [5.41, 5.74) is 2.43. The fraction of sp³-hybridized carbons (Fsp3) is 0.647. The molecule has 0 aromatic heterocycles. The summed E-state index contributed by atoms with van der Waals surface area (Å²) >= 11 is 6.38. The Kier molecular flexibility index (Phi) is 5.11. The lowest BCUT2D eigenvalue weighted by molar-refractivity contribution is 0.0479. The molecule has 1 fully saturated rings. The van der Waals surface area contributed by atoms with Crippen LogP contribution in [0.15, 0.2) is 18.2 Å². The van der Waals surface area contributed by atoms with Crippen molar-refractivity contribution in [1.82, 2.24) is 5.32 Å². The molecule has 2 rings (SSSR count). The van der Waals surface area contributed by atoms with E-state index in [1.807, 2.05) is 13.1 Å². The fourth-order valence-electron chi connectivity index (χ4n) is 3.47. The van der Waals surface area contributed by atoms with Crippen LogP contribution in [0.4, 0.5) is 0 Å². The van der Waals surface area contributed by atoms with Crippen LogP contribution in [0.5, 0.6) is 0 Å². The van der Waals surface area contributed by atoms with Gasteiger partial charge in [-0.05, 0) is 57.4 Å². The third-order valence-electron chi connectivity index (χ3n) is 4.80. The molecule has 2 nitrogen and oxygen atoms in total. The molecule has 1 heterocycles. The van der Waals surface area contributed by atoms with Crippen molar-refractivity contribution in [2.75, 3.05) is 7.05 Å². The van der Waals surface area contributed by atoms with Gasteiger partial charge >= 0.3 is 0 Å². The number of ether oxygens (including phenoxy) is 1. The quantitative estimate of drug-likeness (QED) is 0.911. The predicted molar refractivity (Wildman–Crippen MR) is 85.4 cm³/mol. The number of hydrogen-bond donors (Lipinski definition) is 1. The lowest BCUT2D eigenvalue weighted by Gasteiger charge is -2.29. The van der Waals surface area contributed by atoms with Crippen molar-refractivity contribution < 1.29 is 4.74 Å². The summed E-state index contributed by atoms with van der Waals surface area (Å²) in [4.78, 5) is 0. The first-order valence-corrected chi connectivity index (χ1v) is 7.89. The summed E-state index contributed by atoms with van der Waals surface area (Å²) in [5.74, 6) is 1.08. The average Bonchev–Trinajstić information content (AvgIpc) is 2.63. The maximum Gasteiger partial charge on any atom is 0.0597 e. The Morgan fingerprint density at radius 1 is 1.25 bits per heavy atom. The molecule has 0 amide bonds. The van der Waals surface area contributed by atoms with Crippen LogP contribution >= 0.6 is 11.6 Å². The standard InChI is InChI=1S/C17H26ClNO/c1-10-6-7-14(15(18)8-10)9-16(19-5)17-11(2)12(3)20-13(17)4/h6-8,11-13,16-17,19H,9H2,1-5H3. The number of nitrogens with one attached hydrogen (secondary N) is 1. The molecule has 0 bridgehead atoms. The topological polar surface area (TPSA) is 21.3 Å². The molecule has 0 aliphatic carbocycles. The second-order valence-electron chi connectivity index (χ2n) is 6.18. The number of likely N-dealkylation sites (N-methyl/N-ethyl adjacent to an activating group) is 1. The third kappa shape index (κ3) is 3.19. The Balaban J connectivity index is 2.16. The number of benzene rings is 1. The second kappa shape index (κ2) is 6.46. The van der Waals surface area contributed by atoms with Gasteiger partial charge in [0.25, 0.3) is 0 Å². The lowest BCUT2D eigenvalue weighted by Crippen LogP contribution is -2.41. The minimum Gasteiger partial charge on any atom is -0.375 e. The summed E-state index contributed by atoms with van der Waals surface area (Å²) in [6.45, 7) is 8.72. The van der Waals surface area contributed by atoms with E-state index in [0.29, 0.717) is 30.1 Å². The van der Waals surface area contributed by atoms with Crippen molar-refractivity contribution in [3.05, 3.63) is 34.3 Å². The molecule has 0 spiro atoms. The largest absolute Gasteiger partial charge is 0.375 e. The summed E-state index contributed by atoms with van der Waals surface area (Å²) in [6, 6.07) is 6.72. The highest BCUT2D eigenvalue weighted by atomic mass is 35.5. The van der Waals surface area contributed by atoms with Gasteiger partial charge in [-0.3, -0.25) is 0 Å². The summed E-state index contributed by atoms with van der Waals surface area (Å²) in [6.07, 6.45) is 1.58. The van der Waals surface area contributed by atoms with Crippen molar-refractivity contribution in [3.8, 4) is 0 Å². The van der Waals surface area contributed by atoms with Gasteiger partial charge in [0.2, 0.25) is 0 Å². The Morgan fingerprint density at radius 3 is 2.45 bits per heavy atom. The molecule has 112 valence electrons. The van der Waals surface area contributed by atoms with Crippen molar-refractivity contribution in [1.29, 1.82) is 0 Å². The molecule has 5 unspecified atom stereocenters. The predicted octanol–water partition coefficient (Wildman–Crippen LogP) is 3.84. The first-order valence-electron chi connectivity index (χ1n) is 7.51. The van der Waals surface area contributed by atoms with Crippen LogP contribution in [0.3, 0.4) is 0 Å². The average molecular weight is 296 g/mol. The molecule has 1 saturated heterocycles. The Morgan fingerprint density at radius 2 is 1.95 bits per heavy atom. The Labute approximate surface area is 127 Å². The highest BCUT2D eigenvalue weighted by Crippen LogP contribution is 2.36. The van der Waals surface area contributed by atoms with Gasteiger partial charge in [-0.15, -0.1) is 0 Å². The SMILES string of the molecule is CNC(Cc1ccc(C)cc1Cl)C1C(C)OC(C)C1C. The molecule has 1 aromatic rings. The molecular formula is C17H26ClNO. The maximum atomic E-state index is 6.38. The third-order valence-corrected chi connectivity index (χ3v) is 5.15. The molecular weight excluding hydrogens is 270 g/mol. The van der Waals surface area contributed by atoms with Crippen LogP contribution in [0.2, 0.25) is 5.02 Å². The van der Waals surface area contributed by atoms with Gasteiger partial charge in [0.15, 0.2) is 0 Å². The molecule has 3 heteroatoms. The Bertz CT molecular complexity index is 462. The zero-order valence-electron chi connectivity index (χ0n) is 13.1. The molecule has 1 aliphatic heterocycles. The molecule has 1 aliphatic rings. The van der Waals surface area contributed by atoms with Gasteiger partial charge in [0.05, 0.1) is 12.2 Å². The fourth-order valence-corrected chi connectivity index (χ4v) is 3.78. The van der Waals surface area contributed by atoms with Gasteiger partial charge in [-0.1, -0.05) is 30.7 Å². The van der Waals surface area contributed by atoms with Crippen LogP contribution in [0.25, 0.3) is 0 Å². The summed E-state index contributed by atoms with van der Waals surface area (Å²) in [7, 11) is 2.04. The van der Waals surface area contributed by atoms with Gasteiger partial charge in [0.1, 0.15) is 0 Å². The number of hydrogen-bond acceptors (Lipinski definition) is 2. The van der Waals surface area contributed by atoms with Crippen molar-refractivity contribution in [3.63, 3.8) is 0 Å². The lowest BCUT2D eigenvalue weighted by atomic mass is 9.81. The molecule has 20 heavy (non-hydrogen) atoms. The van der Waals surface area contributed by atoms with Gasteiger partial charge in [0, 0.05) is 17.0 Å². The van der Waals surface area contributed by atoms with E-state index < -0.39 is 0 Å². The molecule has 1 aromatic carbocycles. The van der Waals surface area contributed by atoms with E-state index in [1.165, 1.54) is 11.1 Å². The van der Waals surface area contributed by atoms with Crippen LogP contribution in [0, 0.1) is 18.8 Å². The van der Waals surface area contributed by atoms with Gasteiger partial charge < -0.3 is 10.1 Å². The minimum atomic E-state index is 0.293. The van der Waals surface area contributed by atoms with Crippen LogP contribution < -0.4 is 5.32 Å². The van der Waals surface area contributed by atoms with E-state index >= 15 is 0 Å². The number of aryl methyl sites for hydroxylation is 1. The van der Waals surface area contributed by atoms with Crippen molar-refractivity contribution >= 4 is 11.6 Å². The van der Waals surface area contributed by atoms with Crippen molar-refractivity contribution in [2.24, 2.45) is 11.8 Å². The minimum absolute atomic E-state index is 0.293. The number of halogens is 1. The molecule has 5 atom stereocenters. The molecule has 0 radical (unpaired) electrons. The van der Waals surface area contributed by atoms with E-state index in [2.05, 4.69) is 45.1 Å². The zero-order chi connectivity index (χ0) is 14.9. The second-order valence-corrected chi connectivity index (χ2v) is 6.58. The van der Waals surface area contributed by atoms with Gasteiger partial charge in [-0.25, -0.2) is 0 Å². The summed E-state index contributed by atoms with van der Waals surface area (Å²) in [5, 5.41) is 4.35. The van der Waals surface area contributed by atoms with Crippen LogP contribution in [0.1, 0.15) is 31.9 Å². The monoisotopic (exact) mass is 295 g/mol. The first kappa shape index (κ1) is 15.8. The number of rotatable bonds is 4. The van der Waals surface area contributed by atoms with E-state index in [-0.39, 0.29) is 0 Å². The van der Waals surface area contributed by atoms with Crippen LogP contribution in [-0.4, -0.2) is 25.3 Å². The van der Waals surface area contributed by atoms with Crippen molar-refractivity contribution in [2.45, 2.75) is 52.4 Å². The highest BCUT2D eigenvalue weighted by molar-refractivity contribution is 6.31. The molecule has 1 N–H and O–H groups in total. The summed E-state index contributed by atoms with van der Waals surface area (Å²) < 4.78 is 5.98. The first-order chi connectivity index (χ1) is 9.43. The van der Waals surface area contributed by atoms with E-state index in [4.69, 9.17) is 16.3 Å². The maximum absolute atomic E-state index is 6.38. The smallest absolute Gasteiger partial charge is 0.0597 e. The highest BCUT2D eigenvalue weighted by Gasteiger charge is 2.41. The molecule has 0 saturated carbocycles. The van der Waals surface area contributed by atoms with E-state index in [9.17, 15) is 0 Å². The van der Waals surface area contributed by atoms with E-state index in [0.717, 1.165) is 11.4 Å². The normalized spacial score (nSPS) is 31.5. The van der Waals surface area contributed by atoms with Crippen LogP contribution in [-0.2, 0) is 11.2 Å². The van der Waals surface area contributed by atoms with E-state index in [1.54, 1.807) is 0 Å².